The first-order valence-electron chi connectivity index (χ1n) is 8.18. The van der Waals surface area contributed by atoms with Gasteiger partial charge < -0.3 is 9.64 Å². The van der Waals surface area contributed by atoms with Gasteiger partial charge in [0.05, 0.1) is 36.3 Å². The normalized spacial score (nSPS) is 20.9. The number of ether oxygens (including phenoxy) is 1. The van der Waals surface area contributed by atoms with Crippen LogP contribution in [-0.4, -0.2) is 40.4 Å². The first kappa shape index (κ1) is 16.4. The highest BCUT2D eigenvalue weighted by Crippen LogP contribution is 2.20. The van der Waals surface area contributed by atoms with Gasteiger partial charge in [-0.1, -0.05) is 0 Å². The van der Waals surface area contributed by atoms with Crippen LogP contribution in [0.4, 0.5) is 5.69 Å². The molecule has 1 unspecified atom stereocenters. The van der Waals surface area contributed by atoms with Crippen LogP contribution in [0, 0.1) is 16.0 Å². The number of fused-ring (bicyclic) bond motifs is 1. The van der Waals surface area contributed by atoms with E-state index >= 15 is 0 Å². The number of quaternary nitrogens is 1. The third-order valence-corrected chi connectivity index (χ3v) is 4.45. The number of piperidine rings is 1. The van der Waals surface area contributed by atoms with Gasteiger partial charge in [-0.3, -0.25) is 14.9 Å². The maximum absolute atomic E-state index is 11.9. The van der Waals surface area contributed by atoms with E-state index in [-0.39, 0.29) is 17.6 Å². The summed E-state index contributed by atoms with van der Waals surface area (Å²) in [6.07, 6.45) is 3.49. The molecular weight excluding hydrogens is 312 g/mol. The van der Waals surface area contributed by atoms with Crippen LogP contribution in [0.25, 0.3) is 10.9 Å². The summed E-state index contributed by atoms with van der Waals surface area (Å²) in [6.45, 7) is 4.57. The van der Waals surface area contributed by atoms with Gasteiger partial charge in [0.15, 0.2) is 6.67 Å². The molecule has 1 saturated heterocycles. The summed E-state index contributed by atoms with van der Waals surface area (Å²) >= 11 is 0. The SMILES string of the molecule is CCOC(=O)[C@@H]1CCC[NH+](Cn2ncc3cc([N+](=O)[O-])ccc32)C1. The predicted molar refractivity (Wildman–Crippen MR) is 86.4 cm³/mol. The number of nitrogens with zero attached hydrogens (tertiary/aromatic N) is 3. The average Bonchev–Trinajstić information content (AvgIpc) is 2.97. The fourth-order valence-corrected chi connectivity index (χ4v) is 3.28. The standard InChI is InChI=1S/C16H20N4O4/c1-2-24-16(21)12-4-3-7-18(10-12)11-19-15-6-5-14(20(22)23)8-13(15)9-17-19/h5-6,8-9,12H,2-4,7,10-11H2,1H3/p+1/t12-/m1/s1. The summed E-state index contributed by atoms with van der Waals surface area (Å²) < 4.78 is 6.98. The minimum Gasteiger partial charge on any atom is -0.466 e. The molecule has 0 amide bonds. The second-order valence-corrected chi connectivity index (χ2v) is 6.10. The molecule has 0 aliphatic carbocycles. The fraction of sp³-hybridized carbons (Fsp3) is 0.500. The van der Waals surface area contributed by atoms with Crippen LogP contribution < -0.4 is 4.90 Å². The van der Waals surface area contributed by atoms with Crippen molar-refractivity contribution in [3.05, 3.63) is 34.5 Å². The number of nitro groups is 1. The molecule has 2 atom stereocenters. The smallest absolute Gasteiger partial charge is 0.314 e. The molecule has 2 aromatic rings. The van der Waals surface area contributed by atoms with Crippen LogP contribution in [0.15, 0.2) is 24.4 Å². The van der Waals surface area contributed by atoms with Crippen LogP contribution in [-0.2, 0) is 16.2 Å². The first-order chi connectivity index (χ1) is 11.6. The van der Waals surface area contributed by atoms with E-state index in [0.29, 0.717) is 13.3 Å². The molecule has 128 valence electrons. The van der Waals surface area contributed by atoms with E-state index in [1.54, 1.807) is 12.3 Å². The third kappa shape index (κ3) is 3.38. The zero-order valence-corrected chi connectivity index (χ0v) is 13.6. The predicted octanol–water partition coefficient (Wildman–Crippen LogP) is 0.760. The molecule has 2 heterocycles. The Morgan fingerprint density at radius 1 is 1.54 bits per heavy atom. The van der Waals surface area contributed by atoms with E-state index in [0.717, 1.165) is 36.8 Å². The van der Waals surface area contributed by atoms with E-state index in [4.69, 9.17) is 4.74 Å². The maximum Gasteiger partial charge on any atom is 0.314 e. The van der Waals surface area contributed by atoms with Gasteiger partial charge in [-0.2, -0.15) is 5.10 Å². The lowest BCUT2D eigenvalue weighted by atomic mass is 9.98. The van der Waals surface area contributed by atoms with Gasteiger partial charge >= 0.3 is 5.97 Å². The summed E-state index contributed by atoms with van der Waals surface area (Å²) in [4.78, 5) is 23.7. The quantitative estimate of drug-likeness (QED) is 0.495. The van der Waals surface area contributed by atoms with Crippen molar-refractivity contribution in [3.8, 4) is 0 Å². The molecule has 24 heavy (non-hydrogen) atoms. The number of benzene rings is 1. The number of nitro benzene ring substituents is 1. The van der Waals surface area contributed by atoms with E-state index in [9.17, 15) is 14.9 Å². The molecule has 1 aromatic carbocycles. The van der Waals surface area contributed by atoms with Crippen LogP contribution in [0.3, 0.4) is 0 Å². The molecule has 1 fully saturated rings. The van der Waals surface area contributed by atoms with Crippen LogP contribution in [0.1, 0.15) is 19.8 Å². The van der Waals surface area contributed by atoms with E-state index in [2.05, 4.69) is 5.10 Å². The fourth-order valence-electron chi connectivity index (χ4n) is 3.28. The van der Waals surface area contributed by atoms with Crippen molar-refractivity contribution >= 4 is 22.6 Å². The number of non-ortho nitro benzene ring substituents is 1. The van der Waals surface area contributed by atoms with Crippen LogP contribution in [0.2, 0.25) is 0 Å². The Hall–Kier alpha value is -2.48. The molecule has 0 bridgehead atoms. The van der Waals surface area contributed by atoms with Gasteiger partial charge in [-0.15, -0.1) is 0 Å². The molecule has 0 spiro atoms. The Bertz CT molecular complexity index is 758. The lowest BCUT2D eigenvalue weighted by Crippen LogP contribution is -3.13. The molecule has 1 aliphatic rings. The molecule has 0 saturated carbocycles. The number of rotatable bonds is 5. The van der Waals surface area contributed by atoms with Crippen molar-refractivity contribution in [1.82, 2.24) is 9.78 Å². The Kier molecular flexibility index (Phi) is 4.75. The summed E-state index contributed by atoms with van der Waals surface area (Å²) in [5.41, 5.74) is 0.932. The Balaban J connectivity index is 1.72. The largest absolute Gasteiger partial charge is 0.466 e. The Morgan fingerprint density at radius 3 is 3.12 bits per heavy atom. The van der Waals surface area contributed by atoms with Gasteiger partial charge in [0.1, 0.15) is 5.92 Å². The third-order valence-electron chi connectivity index (χ3n) is 4.45. The second-order valence-electron chi connectivity index (χ2n) is 6.10. The average molecular weight is 333 g/mol. The number of aromatic nitrogens is 2. The highest BCUT2D eigenvalue weighted by atomic mass is 16.6. The van der Waals surface area contributed by atoms with E-state index in [1.807, 2.05) is 11.6 Å². The molecule has 3 rings (SSSR count). The van der Waals surface area contributed by atoms with Gasteiger partial charge in [-0.05, 0) is 25.8 Å². The van der Waals surface area contributed by atoms with Gasteiger partial charge in [-0.25, -0.2) is 4.68 Å². The number of nitrogens with one attached hydrogen (secondary N) is 1. The summed E-state index contributed by atoms with van der Waals surface area (Å²) in [5, 5.41) is 16.0. The van der Waals surface area contributed by atoms with Crippen molar-refractivity contribution in [3.63, 3.8) is 0 Å². The van der Waals surface area contributed by atoms with Crippen molar-refractivity contribution in [1.29, 1.82) is 0 Å². The zero-order valence-electron chi connectivity index (χ0n) is 13.6. The van der Waals surface area contributed by atoms with Crippen molar-refractivity contribution in [2.45, 2.75) is 26.4 Å². The number of carbonyl (C=O) groups excluding carboxylic acids is 1. The Labute approximate surface area is 139 Å². The minimum absolute atomic E-state index is 0.0587. The monoisotopic (exact) mass is 333 g/mol. The zero-order chi connectivity index (χ0) is 17.1. The second kappa shape index (κ2) is 6.96. The van der Waals surface area contributed by atoms with Crippen molar-refractivity contribution in [2.75, 3.05) is 19.7 Å². The van der Waals surface area contributed by atoms with Crippen molar-refractivity contribution < 1.29 is 19.4 Å². The number of esters is 1. The van der Waals surface area contributed by atoms with Crippen LogP contribution in [0.5, 0.6) is 0 Å². The number of likely N-dealkylation sites (tertiary alicyclic amines) is 1. The number of carbonyl (C=O) groups is 1. The molecule has 1 N–H and O–H groups in total. The van der Waals surface area contributed by atoms with Gasteiger partial charge in [0.2, 0.25) is 0 Å². The number of hydrogen-bond donors (Lipinski definition) is 1. The first-order valence-corrected chi connectivity index (χ1v) is 8.18. The van der Waals surface area contributed by atoms with Crippen LogP contribution >= 0.6 is 0 Å². The molecular formula is C16H21N4O4+. The molecule has 1 aliphatic heterocycles. The molecule has 8 heteroatoms. The van der Waals surface area contributed by atoms with E-state index in [1.165, 1.54) is 17.0 Å². The highest BCUT2D eigenvalue weighted by molar-refractivity contribution is 5.81. The lowest BCUT2D eigenvalue weighted by molar-refractivity contribution is -0.930. The molecule has 1 aromatic heterocycles. The molecule has 8 nitrogen and oxygen atoms in total. The van der Waals surface area contributed by atoms with Gasteiger partial charge in [0.25, 0.3) is 5.69 Å². The Morgan fingerprint density at radius 2 is 2.38 bits per heavy atom. The van der Waals surface area contributed by atoms with E-state index < -0.39 is 4.92 Å². The maximum atomic E-state index is 11.9. The highest BCUT2D eigenvalue weighted by Gasteiger charge is 2.30. The molecule has 0 radical (unpaired) electrons. The topological polar surface area (TPSA) is 91.7 Å². The number of hydrogen-bond acceptors (Lipinski definition) is 5. The summed E-state index contributed by atoms with van der Waals surface area (Å²) in [7, 11) is 0. The summed E-state index contributed by atoms with van der Waals surface area (Å²) in [5.74, 6) is -0.174. The van der Waals surface area contributed by atoms with Gasteiger partial charge in [0, 0.05) is 17.5 Å². The summed E-state index contributed by atoms with van der Waals surface area (Å²) in [6, 6.07) is 4.76. The lowest BCUT2D eigenvalue weighted by Gasteiger charge is -2.28. The minimum atomic E-state index is -0.406. The van der Waals surface area contributed by atoms with Crippen molar-refractivity contribution in [2.24, 2.45) is 5.92 Å².